The van der Waals surface area contributed by atoms with Crippen molar-refractivity contribution in [3.8, 4) is 5.75 Å². The van der Waals surface area contributed by atoms with Crippen LogP contribution in [0.1, 0.15) is 28.4 Å². The van der Waals surface area contributed by atoms with Crippen LogP contribution in [-0.4, -0.2) is 17.6 Å². The van der Waals surface area contributed by atoms with Gasteiger partial charge in [0, 0.05) is 18.4 Å². The van der Waals surface area contributed by atoms with Crippen LogP contribution < -0.4 is 15.4 Å². The number of rotatable bonds is 2. The highest BCUT2D eigenvalue weighted by molar-refractivity contribution is 6.48. The fourth-order valence-electron chi connectivity index (χ4n) is 3.08. The number of amides is 1. The molecule has 2 heterocycles. The van der Waals surface area contributed by atoms with Gasteiger partial charge in [-0.15, -0.1) is 5.10 Å². The summed E-state index contributed by atoms with van der Waals surface area (Å²) in [6, 6.07) is 11.8. The average molecular weight is 376 g/mol. The molecule has 0 unspecified atom stereocenters. The zero-order chi connectivity index (χ0) is 20.0. The van der Waals surface area contributed by atoms with Crippen LogP contribution in [0.5, 0.6) is 5.75 Å². The van der Waals surface area contributed by atoms with E-state index in [4.69, 9.17) is 9.15 Å². The predicted molar refractivity (Wildman–Crippen MR) is 104 cm³/mol. The molecule has 0 aliphatic carbocycles. The normalized spacial score (nSPS) is 14.2. The van der Waals surface area contributed by atoms with Gasteiger partial charge in [-0.1, -0.05) is 17.7 Å². The van der Waals surface area contributed by atoms with E-state index >= 15 is 0 Å². The quantitative estimate of drug-likeness (QED) is 0.505. The second-order valence-corrected chi connectivity index (χ2v) is 6.57. The molecule has 4 rings (SSSR count). The molecular weight excluding hydrogens is 360 g/mol. The van der Waals surface area contributed by atoms with E-state index in [9.17, 15) is 14.4 Å². The monoisotopic (exact) mass is 376 g/mol. The van der Waals surface area contributed by atoms with E-state index in [1.807, 2.05) is 19.1 Å². The summed E-state index contributed by atoms with van der Waals surface area (Å²) in [7, 11) is 0. The number of benzene rings is 2. The number of nitrogens with zero attached hydrogens (tertiary/aromatic N) is 2. The van der Waals surface area contributed by atoms with Crippen LogP contribution in [-0.2, 0) is 4.79 Å². The van der Waals surface area contributed by atoms with Crippen molar-refractivity contribution in [1.29, 1.82) is 0 Å². The summed E-state index contributed by atoms with van der Waals surface area (Å²) in [6.45, 7) is 5.03. The predicted octanol–water partition coefficient (Wildman–Crippen LogP) is 3.35. The maximum Gasteiger partial charge on any atom is 0.336 e. The molecule has 0 saturated carbocycles. The van der Waals surface area contributed by atoms with Gasteiger partial charge in [0.25, 0.3) is 11.7 Å². The third kappa shape index (κ3) is 2.87. The van der Waals surface area contributed by atoms with E-state index in [0.29, 0.717) is 16.6 Å². The third-order valence-corrected chi connectivity index (χ3v) is 4.48. The summed E-state index contributed by atoms with van der Waals surface area (Å²) in [4.78, 5) is 36.8. The highest BCUT2D eigenvalue weighted by Crippen LogP contribution is 2.34. The van der Waals surface area contributed by atoms with E-state index in [1.54, 1.807) is 31.2 Å². The molecule has 0 radical (unpaired) electrons. The maximum atomic E-state index is 12.9. The lowest BCUT2D eigenvalue weighted by atomic mass is 10.0. The van der Waals surface area contributed by atoms with Crippen LogP contribution in [0, 0.1) is 13.8 Å². The number of anilines is 1. The van der Waals surface area contributed by atoms with Crippen molar-refractivity contribution < 1.29 is 18.7 Å². The summed E-state index contributed by atoms with van der Waals surface area (Å²) < 4.78 is 10.8. The van der Waals surface area contributed by atoms with Crippen molar-refractivity contribution in [3.63, 3.8) is 0 Å². The minimum atomic E-state index is -0.554. The average Bonchev–Trinajstić information content (AvgIpc) is 2.96. The molecule has 7 nitrogen and oxygen atoms in total. The number of hydrazone groups is 1. The number of Topliss-reactive ketones (excluding diaryl/α,β-unsaturated/α-hetero) is 1. The number of hydrogen-bond acceptors (Lipinski definition) is 6. The Bertz CT molecular complexity index is 1220. The van der Waals surface area contributed by atoms with Crippen LogP contribution in [0.2, 0.25) is 0 Å². The number of fused-ring (bicyclic) bond motifs is 3. The molecule has 1 aliphatic rings. The minimum absolute atomic E-state index is 0.129. The zero-order valence-corrected chi connectivity index (χ0v) is 15.5. The lowest BCUT2D eigenvalue weighted by Gasteiger charge is -2.15. The topological polar surface area (TPSA) is 89.2 Å². The Morgan fingerprint density at radius 2 is 1.75 bits per heavy atom. The lowest BCUT2D eigenvalue weighted by Crippen LogP contribution is -2.27. The Morgan fingerprint density at radius 3 is 2.43 bits per heavy atom. The van der Waals surface area contributed by atoms with Crippen molar-refractivity contribution in [2.45, 2.75) is 20.8 Å². The molecule has 0 fully saturated rings. The van der Waals surface area contributed by atoms with Crippen LogP contribution in [0.3, 0.4) is 0 Å². The molecule has 0 saturated heterocycles. The van der Waals surface area contributed by atoms with Gasteiger partial charge in [-0.05, 0) is 43.7 Å². The van der Waals surface area contributed by atoms with Crippen LogP contribution >= 0.6 is 0 Å². The van der Waals surface area contributed by atoms with Crippen LogP contribution in [0.15, 0.2) is 56.8 Å². The van der Waals surface area contributed by atoms with Gasteiger partial charge in [-0.2, -0.15) is 5.01 Å². The van der Waals surface area contributed by atoms with Gasteiger partial charge in [-0.3, -0.25) is 9.59 Å². The molecule has 0 bridgehead atoms. The maximum absolute atomic E-state index is 12.9. The summed E-state index contributed by atoms with van der Waals surface area (Å²) in [5.41, 5.74) is 1.95. The van der Waals surface area contributed by atoms with E-state index in [2.05, 4.69) is 5.10 Å². The van der Waals surface area contributed by atoms with Crippen molar-refractivity contribution in [2.24, 2.45) is 5.10 Å². The first-order valence-corrected chi connectivity index (χ1v) is 8.61. The second-order valence-electron chi connectivity index (χ2n) is 6.57. The third-order valence-electron chi connectivity index (χ3n) is 4.48. The molecule has 2 aromatic carbocycles. The SMILES string of the molecule is CC(=O)N(/N=C1\Oc2ccc3c(C)cc(=O)oc3c2C1=O)c1ccc(C)cc1. The highest BCUT2D eigenvalue weighted by atomic mass is 16.5. The molecule has 7 heteroatoms. The Hall–Kier alpha value is -3.74. The molecule has 140 valence electrons. The Labute approximate surface area is 159 Å². The smallest absolute Gasteiger partial charge is 0.336 e. The van der Waals surface area contributed by atoms with Crippen LogP contribution in [0.25, 0.3) is 11.0 Å². The number of carbonyl (C=O) groups is 2. The largest absolute Gasteiger partial charge is 0.434 e. The molecule has 28 heavy (non-hydrogen) atoms. The summed E-state index contributed by atoms with van der Waals surface area (Å²) >= 11 is 0. The molecular formula is C21H16N2O5. The highest BCUT2D eigenvalue weighted by Gasteiger charge is 2.34. The first kappa shape index (κ1) is 17.7. The second kappa shape index (κ2) is 6.45. The Kier molecular flexibility index (Phi) is 4.07. The summed E-state index contributed by atoms with van der Waals surface area (Å²) in [5, 5.41) is 5.87. The lowest BCUT2D eigenvalue weighted by molar-refractivity contribution is -0.116. The fraction of sp³-hybridized carbons (Fsp3) is 0.143. The van der Waals surface area contributed by atoms with Crippen molar-refractivity contribution in [2.75, 3.05) is 5.01 Å². The zero-order valence-electron chi connectivity index (χ0n) is 15.5. The minimum Gasteiger partial charge on any atom is -0.434 e. The summed E-state index contributed by atoms with van der Waals surface area (Å²) in [5.74, 6) is -0.955. The standard InChI is InChI=1S/C21H16N2O5/c1-11-4-6-14(7-5-11)23(13(3)24)22-21-19(26)18-16(27-21)9-8-15-12(2)10-17(25)28-20(15)18/h4-10H,1-3H3/b22-21-. The molecule has 0 spiro atoms. The number of ether oxygens (including phenoxy) is 1. The van der Waals surface area contributed by atoms with E-state index in [1.165, 1.54) is 13.0 Å². The number of carbonyl (C=O) groups excluding carboxylic acids is 2. The Balaban J connectivity index is 1.82. The molecule has 1 aliphatic heterocycles. The van der Waals surface area contributed by atoms with Crippen LogP contribution in [0.4, 0.5) is 5.69 Å². The molecule has 0 atom stereocenters. The van der Waals surface area contributed by atoms with Gasteiger partial charge in [0.05, 0.1) is 5.69 Å². The van der Waals surface area contributed by atoms with E-state index < -0.39 is 11.4 Å². The van der Waals surface area contributed by atoms with E-state index in [-0.39, 0.29) is 28.7 Å². The number of aryl methyl sites for hydroxylation is 2. The Morgan fingerprint density at radius 1 is 1.04 bits per heavy atom. The van der Waals surface area contributed by atoms with Gasteiger partial charge in [0.1, 0.15) is 11.3 Å². The first-order chi connectivity index (χ1) is 13.3. The first-order valence-electron chi connectivity index (χ1n) is 8.61. The number of ketones is 1. The van der Waals surface area contributed by atoms with Gasteiger partial charge in [0.15, 0.2) is 5.58 Å². The number of hydrogen-bond donors (Lipinski definition) is 0. The van der Waals surface area contributed by atoms with Crippen molar-refractivity contribution in [3.05, 3.63) is 69.6 Å². The summed E-state index contributed by atoms with van der Waals surface area (Å²) in [6.07, 6.45) is 0. The molecule has 1 aromatic heterocycles. The van der Waals surface area contributed by atoms with Gasteiger partial charge >= 0.3 is 5.63 Å². The van der Waals surface area contributed by atoms with Crippen molar-refractivity contribution in [1.82, 2.24) is 0 Å². The van der Waals surface area contributed by atoms with Gasteiger partial charge in [-0.25, -0.2) is 4.79 Å². The van der Waals surface area contributed by atoms with Crippen molar-refractivity contribution >= 4 is 34.2 Å². The molecule has 1 amide bonds. The molecule has 3 aromatic rings. The van der Waals surface area contributed by atoms with E-state index in [0.717, 1.165) is 10.6 Å². The molecule has 0 N–H and O–H groups in total. The fourth-order valence-corrected chi connectivity index (χ4v) is 3.08. The van der Waals surface area contributed by atoms with Gasteiger partial charge < -0.3 is 9.15 Å². The van der Waals surface area contributed by atoms with Gasteiger partial charge in [0.2, 0.25) is 5.91 Å².